The van der Waals surface area contributed by atoms with E-state index in [1.165, 1.54) is 0 Å². The molecule has 21 heavy (non-hydrogen) atoms. The molecule has 0 unspecified atom stereocenters. The summed E-state index contributed by atoms with van der Waals surface area (Å²) in [5.74, 6) is 0.355. The Labute approximate surface area is 126 Å². The number of hydrogen-bond acceptors (Lipinski definition) is 3. The van der Waals surface area contributed by atoms with Gasteiger partial charge in [0.2, 0.25) is 5.91 Å². The number of rotatable bonds is 6. The molecule has 1 saturated heterocycles. The van der Waals surface area contributed by atoms with Crippen LogP contribution in [0.3, 0.4) is 0 Å². The van der Waals surface area contributed by atoms with Crippen molar-refractivity contribution in [1.82, 2.24) is 9.80 Å². The predicted molar refractivity (Wildman–Crippen MR) is 82.8 cm³/mol. The van der Waals surface area contributed by atoms with E-state index in [1.807, 2.05) is 42.2 Å². The van der Waals surface area contributed by atoms with E-state index >= 15 is 0 Å². The fourth-order valence-electron chi connectivity index (χ4n) is 2.72. The van der Waals surface area contributed by atoms with Gasteiger partial charge >= 0.3 is 0 Å². The molecule has 4 nitrogen and oxygen atoms in total. The zero-order valence-corrected chi connectivity index (χ0v) is 12.7. The second-order valence-corrected chi connectivity index (χ2v) is 5.64. The zero-order chi connectivity index (χ0) is 15.1. The summed E-state index contributed by atoms with van der Waals surface area (Å²) in [6, 6.07) is 10.1. The van der Waals surface area contributed by atoms with Crippen LogP contribution in [0.4, 0.5) is 0 Å². The van der Waals surface area contributed by atoms with E-state index in [-0.39, 0.29) is 11.8 Å². The first kappa shape index (κ1) is 15.7. The van der Waals surface area contributed by atoms with Gasteiger partial charge in [-0.1, -0.05) is 30.3 Å². The van der Waals surface area contributed by atoms with Crippen molar-refractivity contribution in [2.24, 2.45) is 5.92 Å². The molecule has 0 spiro atoms. The van der Waals surface area contributed by atoms with E-state index in [1.54, 1.807) is 0 Å². The van der Waals surface area contributed by atoms with Gasteiger partial charge in [0.1, 0.15) is 6.29 Å². The molecule has 1 aliphatic rings. The summed E-state index contributed by atoms with van der Waals surface area (Å²) in [5.41, 5.74) is 1.16. The fraction of sp³-hybridized carbons (Fsp3) is 0.529. The molecule has 2 rings (SSSR count). The Balaban J connectivity index is 1.84. The summed E-state index contributed by atoms with van der Waals surface area (Å²) in [6.45, 7) is 5.56. The van der Waals surface area contributed by atoms with Gasteiger partial charge in [-0.15, -0.1) is 0 Å². The number of nitrogens with zero attached hydrogens (tertiary/aromatic N) is 2. The molecule has 0 aliphatic carbocycles. The minimum atomic E-state index is 0.172. The molecule has 0 atom stereocenters. The number of carbonyl (C=O) groups is 2. The molecule has 0 saturated carbocycles. The van der Waals surface area contributed by atoms with E-state index in [9.17, 15) is 9.59 Å². The largest absolute Gasteiger partial charge is 0.338 e. The van der Waals surface area contributed by atoms with Gasteiger partial charge in [-0.05, 0) is 38.4 Å². The predicted octanol–water partition coefficient (Wildman–Crippen LogP) is 1.95. The SMILES string of the molecule is CCN(Cc1ccccc1)C(=O)CN1CCC(C=O)CC1. The van der Waals surface area contributed by atoms with Crippen LogP contribution >= 0.6 is 0 Å². The lowest BCUT2D eigenvalue weighted by Gasteiger charge is -2.31. The highest BCUT2D eigenvalue weighted by molar-refractivity contribution is 5.78. The Kier molecular flexibility index (Phi) is 5.93. The molecule has 0 radical (unpaired) electrons. The van der Waals surface area contributed by atoms with Crippen molar-refractivity contribution in [3.8, 4) is 0 Å². The minimum absolute atomic E-state index is 0.172. The topological polar surface area (TPSA) is 40.6 Å². The number of likely N-dealkylation sites (N-methyl/N-ethyl adjacent to an activating group) is 1. The molecule has 1 amide bonds. The van der Waals surface area contributed by atoms with E-state index in [4.69, 9.17) is 0 Å². The van der Waals surface area contributed by atoms with Crippen LogP contribution in [0.25, 0.3) is 0 Å². The summed E-state index contributed by atoms with van der Waals surface area (Å²) in [7, 11) is 0. The second kappa shape index (κ2) is 7.93. The Morgan fingerprint density at radius 3 is 2.52 bits per heavy atom. The molecule has 0 N–H and O–H groups in total. The third-order valence-electron chi connectivity index (χ3n) is 4.13. The van der Waals surface area contributed by atoms with Crippen molar-refractivity contribution in [3.63, 3.8) is 0 Å². The first-order valence-corrected chi connectivity index (χ1v) is 7.72. The molecule has 1 heterocycles. The Morgan fingerprint density at radius 2 is 1.95 bits per heavy atom. The van der Waals surface area contributed by atoms with Gasteiger partial charge < -0.3 is 9.69 Å². The van der Waals surface area contributed by atoms with Crippen molar-refractivity contribution in [2.75, 3.05) is 26.2 Å². The average Bonchev–Trinajstić information content (AvgIpc) is 2.54. The molecule has 1 aromatic carbocycles. The summed E-state index contributed by atoms with van der Waals surface area (Å²) < 4.78 is 0. The van der Waals surface area contributed by atoms with Gasteiger partial charge in [0, 0.05) is 19.0 Å². The van der Waals surface area contributed by atoms with Crippen molar-refractivity contribution in [2.45, 2.75) is 26.3 Å². The molecule has 1 aliphatic heterocycles. The summed E-state index contributed by atoms with van der Waals surface area (Å²) in [6.07, 6.45) is 2.80. The monoisotopic (exact) mass is 288 g/mol. The maximum atomic E-state index is 12.4. The fourth-order valence-corrected chi connectivity index (χ4v) is 2.72. The standard InChI is InChI=1S/C17H24N2O2/c1-2-19(12-15-6-4-3-5-7-15)17(21)13-18-10-8-16(14-20)9-11-18/h3-7,14,16H,2,8-13H2,1H3. The van der Waals surface area contributed by atoms with Gasteiger partial charge in [0.05, 0.1) is 6.54 Å². The van der Waals surface area contributed by atoms with Crippen LogP contribution in [0.2, 0.25) is 0 Å². The number of benzene rings is 1. The van der Waals surface area contributed by atoms with Crippen LogP contribution in [0, 0.1) is 5.92 Å². The van der Waals surface area contributed by atoms with Crippen LogP contribution in [0.5, 0.6) is 0 Å². The van der Waals surface area contributed by atoms with Gasteiger partial charge in [0.25, 0.3) is 0 Å². The summed E-state index contributed by atoms with van der Waals surface area (Å²) in [5, 5.41) is 0. The smallest absolute Gasteiger partial charge is 0.237 e. The normalized spacial score (nSPS) is 16.6. The maximum absolute atomic E-state index is 12.4. The zero-order valence-electron chi connectivity index (χ0n) is 12.7. The van der Waals surface area contributed by atoms with Gasteiger partial charge in [-0.25, -0.2) is 0 Å². The van der Waals surface area contributed by atoms with Crippen molar-refractivity contribution in [1.29, 1.82) is 0 Å². The first-order chi connectivity index (χ1) is 10.2. The van der Waals surface area contributed by atoms with Crippen LogP contribution in [-0.2, 0) is 16.1 Å². The Bertz CT molecular complexity index is 453. The lowest BCUT2D eigenvalue weighted by molar-refractivity contribution is -0.133. The highest BCUT2D eigenvalue weighted by Gasteiger charge is 2.22. The molecule has 0 bridgehead atoms. The molecule has 4 heteroatoms. The Morgan fingerprint density at radius 1 is 1.29 bits per heavy atom. The highest BCUT2D eigenvalue weighted by atomic mass is 16.2. The third-order valence-corrected chi connectivity index (χ3v) is 4.13. The third kappa shape index (κ3) is 4.67. The molecule has 0 aromatic heterocycles. The van der Waals surface area contributed by atoms with Crippen molar-refractivity contribution in [3.05, 3.63) is 35.9 Å². The lowest BCUT2D eigenvalue weighted by atomic mass is 9.99. The van der Waals surface area contributed by atoms with Gasteiger partial charge in [-0.2, -0.15) is 0 Å². The van der Waals surface area contributed by atoms with E-state index < -0.39 is 0 Å². The summed E-state index contributed by atoms with van der Waals surface area (Å²) >= 11 is 0. The lowest BCUT2D eigenvalue weighted by Crippen LogP contribution is -2.43. The second-order valence-electron chi connectivity index (χ2n) is 5.64. The Hall–Kier alpha value is -1.68. The van der Waals surface area contributed by atoms with Crippen molar-refractivity contribution < 1.29 is 9.59 Å². The molecular weight excluding hydrogens is 264 g/mol. The molecule has 1 aromatic rings. The van der Waals surface area contributed by atoms with E-state index in [0.29, 0.717) is 13.1 Å². The summed E-state index contributed by atoms with van der Waals surface area (Å²) in [4.78, 5) is 27.2. The highest BCUT2D eigenvalue weighted by Crippen LogP contribution is 2.15. The van der Waals surface area contributed by atoms with Crippen LogP contribution in [0.15, 0.2) is 30.3 Å². The number of piperidine rings is 1. The number of carbonyl (C=O) groups excluding carboxylic acids is 2. The quantitative estimate of drug-likeness (QED) is 0.751. The number of aldehydes is 1. The number of hydrogen-bond donors (Lipinski definition) is 0. The molecular formula is C17H24N2O2. The number of likely N-dealkylation sites (tertiary alicyclic amines) is 1. The molecule has 1 fully saturated rings. The first-order valence-electron chi connectivity index (χ1n) is 7.72. The van der Waals surface area contributed by atoms with Crippen LogP contribution in [-0.4, -0.2) is 48.2 Å². The maximum Gasteiger partial charge on any atom is 0.237 e. The van der Waals surface area contributed by atoms with Gasteiger partial charge in [-0.3, -0.25) is 9.69 Å². The van der Waals surface area contributed by atoms with E-state index in [2.05, 4.69) is 4.90 Å². The minimum Gasteiger partial charge on any atom is -0.338 e. The molecule has 114 valence electrons. The average molecular weight is 288 g/mol. The van der Waals surface area contributed by atoms with Crippen LogP contribution in [0.1, 0.15) is 25.3 Å². The number of amides is 1. The van der Waals surface area contributed by atoms with E-state index in [0.717, 1.165) is 44.3 Å². The van der Waals surface area contributed by atoms with Crippen LogP contribution < -0.4 is 0 Å². The van der Waals surface area contributed by atoms with Crippen molar-refractivity contribution >= 4 is 12.2 Å². The van der Waals surface area contributed by atoms with Gasteiger partial charge in [0.15, 0.2) is 0 Å².